The number of halogens is 2. The molecule has 0 aliphatic rings. The normalized spacial score (nSPS) is 11.1. The molecule has 0 bridgehead atoms. The molecule has 0 unspecified atom stereocenters. The molecule has 0 saturated heterocycles. The van der Waals surface area contributed by atoms with Crippen LogP contribution in [0.5, 0.6) is 0 Å². The van der Waals surface area contributed by atoms with E-state index in [2.05, 4.69) is 25.5 Å². The summed E-state index contributed by atoms with van der Waals surface area (Å²) in [7, 11) is 0. The Morgan fingerprint density at radius 2 is 1.83 bits per heavy atom. The van der Waals surface area contributed by atoms with Crippen LogP contribution in [0.15, 0.2) is 61.1 Å². The molecule has 0 saturated carbocycles. The Morgan fingerprint density at radius 1 is 1.06 bits per heavy atom. The minimum atomic E-state index is -0.649. The van der Waals surface area contributed by atoms with Gasteiger partial charge in [0.2, 0.25) is 0 Å². The standard InChI is InChI=1S/C22H14Cl2N8O3/c1-12-8-19(28-22(33)13-2-7-17(24)18(9-13)32(34)35)31(29-12)21-16-10-27-30(20(16)25-11-26-21)15-5-3-14(23)4-6-15/h2-11H,1H3,(H,28,33). The van der Waals surface area contributed by atoms with Gasteiger partial charge >= 0.3 is 0 Å². The van der Waals surface area contributed by atoms with E-state index >= 15 is 0 Å². The molecule has 1 N–H and O–H groups in total. The maximum absolute atomic E-state index is 12.9. The van der Waals surface area contributed by atoms with Crippen molar-refractivity contribution in [2.45, 2.75) is 6.92 Å². The highest BCUT2D eigenvalue weighted by atomic mass is 35.5. The molecule has 3 heterocycles. The van der Waals surface area contributed by atoms with Gasteiger partial charge in [0.05, 0.1) is 27.9 Å². The van der Waals surface area contributed by atoms with Gasteiger partial charge in [-0.1, -0.05) is 23.2 Å². The summed E-state index contributed by atoms with van der Waals surface area (Å²) in [5.41, 5.74) is 1.59. The third-order valence-corrected chi connectivity index (χ3v) is 5.67. The van der Waals surface area contributed by atoms with Gasteiger partial charge in [0, 0.05) is 22.7 Å². The van der Waals surface area contributed by atoms with Gasteiger partial charge in [0.15, 0.2) is 11.5 Å². The zero-order valence-electron chi connectivity index (χ0n) is 17.9. The summed E-state index contributed by atoms with van der Waals surface area (Å²) >= 11 is 11.9. The predicted molar refractivity (Wildman–Crippen MR) is 130 cm³/mol. The summed E-state index contributed by atoms with van der Waals surface area (Å²) in [6.07, 6.45) is 2.97. The first kappa shape index (κ1) is 22.4. The zero-order chi connectivity index (χ0) is 24.7. The molecule has 0 radical (unpaired) electrons. The number of nitro groups is 1. The van der Waals surface area contributed by atoms with Gasteiger partial charge in [0.1, 0.15) is 17.2 Å². The second-order valence-corrected chi connectivity index (χ2v) is 8.27. The van der Waals surface area contributed by atoms with Crippen molar-refractivity contribution in [3.05, 3.63) is 92.5 Å². The highest BCUT2D eigenvalue weighted by Crippen LogP contribution is 2.27. The summed E-state index contributed by atoms with van der Waals surface area (Å²) in [6.45, 7) is 1.76. The second-order valence-electron chi connectivity index (χ2n) is 7.43. The number of aryl methyl sites for hydroxylation is 1. The average Bonchev–Trinajstić information content (AvgIpc) is 3.43. The van der Waals surface area contributed by atoms with E-state index in [1.807, 2.05) is 12.1 Å². The fourth-order valence-corrected chi connectivity index (χ4v) is 3.82. The Bertz CT molecular complexity index is 1610. The van der Waals surface area contributed by atoms with Gasteiger partial charge in [-0.05, 0) is 43.3 Å². The van der Waals surface area contributed by atoms with Crippen LogP contribution >= 0.6 is 23.2 Å². The van der Waals surface area contributed by atoms with Gasteiger partial charge in [-0.25, -0.2) is 14.6 Å². The number of nitrogens with zero attached hydrogens (tertiary/aromatic N) is 7. The molecule has 0 fully saturated rings. The molecule has 3 aromatic heterocycles. The number of nitro benzene ring substituents is 1. The van der Waals surface area contributed by atoms with Gasteiger partial charge < -0.3 is 5.32 Å². The van der Waals surface area contributed by atoms with Crippen LogP contribution < -0.4 is 5.32 Å². The summed E-state index contributed by atoms with van der Waals surface area (Å²) in [5, 5.41) is 23.9. The topological polar surface area (TPSA) is 134 Å². The van der Waals surface area contributed by atoms with Crippen LogP contribution in [-0.4, -0.2) is 40.4 Å². The molecule has 5 aromatic rings. The summed E-state index contributed by atoms with van der Waals surface area (Å²) in [6, 6.07) is 12.6. The number of anilines is 1. The smallest absolute Gasteiger partial charge is 0.288 e. The Morgan fingerprint density at radius 3 is 2.57 bits per heavy atom. The highest BCUT2D eigenvalue weighted by molar-refractivity contribution is 6.32. The lowest BCUT2D eigenvalue weighted by atomic mass is 10.2. The molecule has 1 amide bonds. The van der Waals surface area contributed by atoms with Gasteiger partial charge in [-0.15, -0.1) is 0 Å². The lowest BCUT2D eigenvalue weighted by molar-refractivity contribution is -0.384. The first-order chi connectivity index (χ1) is 16.8. The number of hydrogen-bond acceptors (Lipinski definition) is 7. The van der Waals surface area contributed by atoms with Crippen molar-refractivity contribution < 1.29 is 9.72 Å². The van der Waals surface area contributed by atoms with E-state index in [9.17, 15) is 14.9 Å². The van der Waals surface area contributed by atoms with Crippen LogP contribution in [0.2, 0.25) is 10.0 Å². The fraction of sp³-hybridized carbons (Fsp3) is 0.0455. The van der Waals surface area contributed by atoms with Crippen LogP contribution in [0.1, 0.15) is 16.1 Å². The number of rotatable bonds is 5. The number of benzene rings is 2. The van der Waals surface area contributed by atoms with E-state index in [4.69, 9.17) is 23.2 Å². The lowest BCUT2D eigenvalue weighted by Gasteiger charge is -2.09. The molecule has 5 rings (SSSR count). The van der Waals surface area contributed by atoms with Crippen molar-refractivity contribution in [1.29, 1.82) is 0 Å². The Hall–Kier alpha value is -4.35. The van der Waals surface area contributed by atoms with E-state index in [0.29, 0.717) is 33.4 Å². The molecule has 0 aliphatic heterocycles. The van der Waals surface area contributed by atoms with Crippen LogP contribution in [0.3, 0.4) is 0 Å². The van der Waals surface area contributed by atoms with Crippen molar-refractivity contribution in [3.63, 3.8) is 0 Å². The molecule has 0 atom stereocenters. The van der Waals surface area contributed by atoms with E-state index < -0.39 is 10.8 Å². The van der Waals surface area contributed by atoms with Crippen molar-refractivity contribution in [3.8, 4) is 11.5 Å². The molecule has 35 heavy (non-hydrogen) atoms. The number of hydrogen-bond donors (Lipinski definition) is 1. The van der Waals surface area contributed by atoms with Gasteiger partial charge in [-0.2, -0.15) is 14.9 Å². The number of fused-ring (bicyclic) bond motifs is 1. The second kappa shape index (κ2) is 8.78. The van der Waals surface area contributed by atoms with E-state index in [1.54, 1.807) is 36.0 Å². The third-order valence-electron chi connectivity index (χ3n) is 5.09. The number of nitrogens with one attached hydrogen (secondary N) is 1. The Kier molecular flexibility index (Phi) is 5.63. The highest BCUT2D eigenvalue weighted by Gasteiger charge is 2.20. The molecule has 11 nitrogen and oxygen atoms in total. The van der Waals surface area contributed by atoms with Crippen LogP contribution in [0.25, 0.3) is 22.5 Å². The van der Waals surface area contributed by atoms with E-state index in [1.165, 1.54) is 23.1 Å². The largest absolute Gasteiger partial charge is 0.306 e. The summed E-state index contributed by atoms with van der Waals surface area (Å²) < 4.78 is 3.09. The van der Waals surface area contributed by atoms with Crippen LogP contribution in [0.4, 0.5) is 11.5 Å². The van der Waals surface area contributed by atoms with E-state index in [0.717, 1.165) is 11.8 Å². The fourth-order valence-electron chi connectivity index (χ4n) is 3.50. The zero-order valence-corrected chi connectivity index (χ0v) is 19.4. The van der Waals surface area contributed by atoms with Crippen molar-refractivity contribution in [1.82, 2.24) is 29.5 Å². The maximum atomic E-state index is 12.9. The quantitative estimate of drug-likeness (QED) is 0.266. The molecule has 2 aromatic carbocycles. The molecule has 13 heteroatoms. The van der Waals surface area contributed by atoms with Crippen molar-refractivity contribution >= 4 is 51.6 Å². The molecule has 174 valence electrons. The first-order valence-electron chi connectivity index (χ1n) is 10.1. The van der Waals surface area contributed by atoms with Crippen LogP contribution in [-0.2, 0) is 0 Å². The average molecular weight is 509 g/mol. The molecular weight excluding hydrogens is 495 g/mol. The first-order valence-corrected chi connectivity index (χ1v) is 10.8. The Balaban J connectivity index is 1.54. The Labute approximate surface area is 207 Å². The minimum Gasteiger partial charge on any atom is -0.306 e. The molecule has 0 spiro atoms. The van der Waals surface area contributed by atoms with Crippen molar-refractivity contribution in [2.75, 3.05) is 5.32 Å². The van der Waals surface area contributed by atoms with Gasteiger partial charge in [-0.3, -0.25) is 14.9 Å². The summed E-state index contributed by atoms with van der Waals surface area (Å²) in [4.78, 5) is 32.2. The number of aromatic nitrogens is 6. The lowest BCUT2D eigenvalue weighted by Crippen LogP contribution is -2.16. The monoisotopic (exact) mass is 508 g/mol. The molecular formula is C22H14Cl2N8O3. The maximum Gasteiger partial charge on any atom is 0.288 e. The summed E-state index contributed by atoms with van der Waals surface area (Å²) in [5.74, 6) is 0.123. The number of carbonyl (C=O) groups is 1. The van der Waals surface area contributed by atoms with Crippen LogP contribution in [0, 0.1) is 17.0 Å². The van der Waals surface area contributed by atoms with Crippen molar-refractivity contribution in [2.24, 2.45) is 0 Å². The SMILES string of the molecule is Cc1cc(NC(=O)c2ccc(Cl)c([N+](=O)[O-])c2)n(-c2ncnc3c2cnn3-c2ccc(Cl)cc2)n1. The predicted octanol–water partition coefficient (Wildman–Crippen LogP) is 4.78. The third kappa shape index (κ3) is 4.18. The number of carbonyl (C=O) groups excluding carboxylic acids is 1. The number of amides is 1. The minimum absolute atomic E-state index is 0.0616. The van der Waals surface area contributed by atoms with E-state index in [-0.39, 0.29) is 16.3 Å². The van der Waals surface area contributed by atoms with Gasteiger partial charge in [0.25, 0.3) is 11.6 Å². The molecule has 0 aliphatic carbocycles.